The molecule has 12 heteroatoms. The van der Waals surface area contributed by atoms with Gasteiger partial charge in [0, 0.05) is 18.6 Å². The monoisotopic (exact) mass is 419 g/mol. The third kappa shape index (κ3) is 3.30. The number of aliphatic hydroxyl groups is 1. The van der Waals surface area contributed by atoms with E-state index in [2.05, 4.69) is 10.1 Å². The van der Waals surface area contributed by atoms with Crippen LogP contribution in [-0.2, 0) is 11.4 Å². The molecule has 3 N–H and O–H groups in total. The Morgan fingerprint density at radius 3 is 2.57 bits per heavy atom. The van der Waals surface area contributed by atoms with Crippen LogP contribution in [0.1, 0.15) is 12.5 Å². The highest BCUT2D eigenvalue weighted by Crippen LogP contribution is 2.36. The van der Waals surface area contributed by atoms with Crippen molar-refractivity contribution in [2.75, 3.05) is 10.7 Å². The smallest absolute Gasteiger partial charge is 0.314 e. The lowest BCUT2D eigenvalue weighted by atomic mass is 10.1. The van der Waals surface area contributed by atoms with Crippen molar-refractivity contribution in [1.29, 1.82) is 0 Å². The van der Waals surface area contributed by atoms with E-state index in [0.717, 1.165) is 19.1 Å². The molecule has 0 atom stereocenters. The zero-order chi connectivity index (χ0) is 22.2. The van der Waals surface area contributed by atoms with Crippen LogP contribution in [0.3, 0.4) is 0 Å². The van der Waals surface area contributed by atoms with Crippen molar-refractivity contribution in [2.24, 2.45) is 5.22 Å². The van der Waals surface area contributed by atoms with E-state index in [1.807, 2.05) is 0 Å². The van der Waals surface area contributed by atoms with Gasteiger partial charge in [0.15, 0.2) is 28.3 Å². The second-order valence-corrected chi connectivity index (χ2v) is 6.04. The Labute approximate surface area is 165 Å². The van der Waals surface area contributed by atoms with Gasteiger partial charge in [-0.2, -0.15) is 4.91 Å². The van der Waals surface area contributed by atoms with Gasteiger partial charge in [-0.05, 0) is 23.4 Å². The molecule has 2 aromatic carbocycles. The molecule has 0 radical (unpaired) electrons. The van der Waals surface area contributed by atoms with E-state index >= 15 is 0 Å². The quantitative estimate of drug-likeness (QED) is 0.218. The molecular formula is C18H12F3N5O4. The van der Waals surface area contributed by atoms with Crippen molar-refractivity contribution >= 4 is 28.3 Å². The van der Waals surface area contributed by atoms with Crippen LogP contribution in [0, 0.1) is 17.5 Å². The molecule has 1 heterocycles. The maximum Gasteiger partial charge on any atom is 0.314 e. The van der Waals surface area contributed by atoms with Crippen LogP contribution < -0.4 is 16.2 Å². The van der Waals surface area contributed by atoms with E-state index in [0.29, 0.717) is 0 Å². The number of carbonyl (C=O) groups is 1. The van der Waals surface area contributed by atoms with Crippen LogP contribution in [0.4, 0.5) is 24.5 Å². The highest BCUT2D eigenvalue weighted by atomic mass is 19.1. The first-order valence-corrected chi connectivity index (χ1v) is 8.20. The molecule has 0 spiro atoms. The summed E-state index contributed by atoms with van der Waals surface area (Å²) in [6.45, 7) is -0.248. The van der Waals surface area contributed by atoms with Crippen LogP contribution >= 0.6 is 0 Å². The minimum atomic E-state index is -1.48. The fraction of sp³-hybridized carbons (Fsp3) is 0.111. The number of aliphatic hydroxyl groups excluding tert-OH is 1. The summed E-state index contributed by atoms with van der Waals surface area (Å²) < 4.78 is 48.9. The number of azide groups is 1. The van der Waals surface area contributed by atoms with Crippen LogP contribution in [-0.4, -0.2) is 11.0 Å². The second-order valence-electron chi connectivity index (χ2n) is 6.04. The number of nitrogen functional groups attached to an aromatic ring is 1. The van der Waals surface area contributed by atoms with Crippen LogP contribution in [0.25, 0.3) is 32.7 Å². The molecule has 0 bridgehead atoms. The first-order valence-electron chi connectivity index (χ1n) is 8.20. The molecule has 0 saturated carbocycles. The summed E-state index contributed by atoms with van der Waals surface area (Å²) in [7, 11) is 0. The van der Waals surface area contributed by atoms with Gasteiger partial charge in [0.25, 0.3) is 0 Å². The molecule has 0 saturated heterocycles. The van der Waals surface area contributed by atoms with Gasteiger partial charge >= 0.3 is 5.91 Å². The SMILES string of the molecule is CC(=O)N(N=[N+]=[N-])c1c(F)c(CO)c(F)c2oc(-c3ccc(N)c(F)c3)cc(=O)c12. The number of nitrogens with two attached hydrogens (primary N) is 1. The zero-order valence-corrected chi connectivity index (χ0v) is 15.2. The number of halogens is 3. The Morgan fingerprint density at radius 2 is 2.00 bits per heavy atom. The van der Waals surface area contributed by atoms with Gasteiger partial charge in [0.05, 0.1) is 17.9 Å². The van der Waals surface area contributed by atoms with Crippen molar-refractivity contribution in [1.82, 2.24) is 0 Å². The van der Waals surface area contributed by atoms with E-state index in [1.165, 1.54) is 12.1 Å². The summed E-state index contributed by atoms with van der Waals surface area (Å²) in [5.41, 5.74) is 10.3. The number of benzene rings is 2. The normalized spacial score (nSPS) is 10.7. The molecule has 1 amide bonds. The lowest BCUT2D eigenvalue weighted by Gasteiger charge is -2.15. The molecule has 0 unspecified atom stereocenters. The minimum Gasteiger partial charge on any atom is -0.453 e. The molecule has 0 aliphatic carbocycles. The summed E-state index contributed by atoms with van der Waals surface area (Å²) in [6.07, 6.45) is 0. The fourth-order valence-electron chi connectivity index (χ4n) is 2.82. The highest BCUT2D eigenvalue weighted by molar-refractivity contribution is 6.02. The van der Waals surface area contributed by atoms with E-state index in [-0.39, 0.29) is 22.0 Å². The molecule has 9 nitrogen and oxygen atoms in total. The number of carbonyl (C=O) groups excluding carboxylic acids is 1. The Hall–Kier alpha value is -4.02. The average molecular weight is 419 g/mol. The van der Waals surface area contributed by atoms with Crippen LogP contribution in [0.15, 0.2) is 38.7 Å². The largest absolute Gasteiger partial charge is 0.453 e. The molecule has 1 aromatic heterocycles. The summed E-state index contributed by atoms with van der Waals surface area (Å²) in [4.78, 5) is 27.0. The van der Waals surface area contributed by atoms with E-state index in [9.17, 15) is 27.9 Å². The molecule has 0 aliphatic heterocycles. The number of hydrogen-bond acceptors (Lipinski definition) is 6. The third-order valence-electron chi connectivity index (χ3n) is 4.20. The number of anilines is 2. The first-order chi connectivity index (χ1) is 14.2. The van der Waals surface area contributed by atoms with Gasteiger partial charge in [0.1, 0.15) is 17.0 Å². The van der Waals surface area contributed by atoms with Crippen molar-refractivity contribution in [3.8, 4) is 11.3 Å². The third-order valence-corrected chi connectivity index (χ3v) is 4.20. The predicted octanol–water partition coefficient (Wildman–Crippen LogP) is 3.53. The summed E-state index contributed by atoms with van der Waals surface area (Å²) >= 11 is 0. The molecule has 0 fully saturated rings. The van der Waals surface area contributed by atoms with Gasteiger partial charge < -0.3 is 15.3 Å². The summed E-state index contributed by atoms with van der Waals surface area (Å²) in [6, 6.07) is 4.26. The number of amides is 1. The number of nitrogens with zero attached hydrogens (tertiary/aromatic N) is 4. The molecule has 30 heavy (non-hydrogen) atoms. The first kappa shape index (κ1) is 20.7. The minimum absolute atomic E-state index is 0.0231. The number of hydrogen-bond donors (Lipinski definition) is 2. The van der Waals surface area contributed by atoms with Crippen molar-refractivity contribution in [2.45, 2.75) is 13.5 Å². The summed E-state index contributed by atoms with van der Waals surface area (Å²) in [5.74, 6) is -4.99. The Kier molecular flexibility index (Phi) is 5.37. The van der Waals surface area contributed by atoms with Crippen molar-refractivity contribution in [3.05, 3.63) is 67.9 Å². The zero-order valence-electron chi connectivity index (χ0n) is 15.2. The van der Waals surface area contributed by atoms with E-state index in [4.69, 9.17) is 15.7 Å². The van der Waals surface area contributed by atoms with Gasteiger partial charge in [-0.1, -0.05) is 0 Å². The van der Waals surface area contributed by atoms with Crippen LogP contribution in [0.2, 0.25) is 0 Å². The van der Waals surface area contributed by atoms with Gasteiger partial charge in [0.2, 0.25) is 0 Å². The topological polar surface area (TPSA) is 146 Å². The predicted molar refractivity (Wildman–Crippen MR) is 100 cm³/mol. The average Bonchev–Trinajstić information content (AvgIpc) is 2.69. The Morgan fingerprint density at radius 1 is 1.30 bits per heavy atom. The number of fused-ring (bicyclic) bond motifs is 1. The lowest BCUT2D eigenvalue weighted by molar-refractivity contribution is -0.116. The van der Waals surface area contributed by atoms with E-state index < -0.39 is 57.6 Å². The maximum absolute atomic E-state index is 14.9. The molecular weight excluding hydrogens is 407 g/mol. The summed E-state index contributed by atoms with van der Waals surface area (Å²) in [5, 5.41) is 11.9. The van der Waals surface area contributed by atoms with Gasteiger partial charge in [-0.3, -0.25) is 4.79 Å². The molecule has 3 rings (SSSR count). The van der Waals surface area contributed by atoms with Gasteiger partial charge in [-0.25, -0.2) is 18.0 Å². The standard InChI is InChI=1S/C18H12F3N5O4/c1-7(28)26(25-24-23)17-14-12(29)5-13(8-2-3-11(22)10(19)4-8)30-18(14)16(21)9(6-27)15(17)20/h2-5,27H,6,22H2,1H3. The van der Waals surface area contributed by atoms with E-state index in [1.54, 1.807) is 0 Å². The van der Waals surface area contributed by atoms with Crippen molar-refractivity contribution < 1.29 is 27.5 Å². The van der Waals surface area contributed by atoms with Gasteiger partial charge in [-0.15, -0.1) is 10.5 Å². The molecule has 0 aliphatic rings. The number of rotatable bonds is 4. The highest BCUT2D eigenvalue weighted by Gasteiger charge is 2.32. The fourth-order valence-corrected chi connectivity index (χ4v) is 2.82. The molecule has 154 valence electrons. The Balaban J connectivity index is 2.47. The lowest BCUT2D eigenvalue weighted by Crippen LogP contribution is -2.25. The second kappa shape index (κ2) is 7.78. The van der Waals surface area contributed by atoms with Crippen molar-refractivity contribution in [3.63, 3.8) is 0 Å². The molecule has 3 aromatic rings. The Bertz CT molecular complexity index is 1300. The van der Waals surface area contributed by atoms with Crippen LogP contribution in [0.5, 0.6) is 0 Å². The maximum atomic E-state index is 14.9.